The summed E-state index contributed by atoms with van der Waals surface area (Å²) in [5, 5.41) is -0.323. The van der Waals surface area contributed by atoms with Gasteiger partial charge >= 0.3 is 6.18 Å². The van der Waals surface area contributed by atoms with Gasteiger partial charge in [-0.15, -0.1) is 0 Å². The second-order valence-electron chi connectivity index (χ2n) is 6.35. The van der Waals surface area contributed by atoms with Crippen LogP contribution in [0.3, 0.4) is 0 Å². The quantitative estimate of drug-likeness (QED) is 0.671. The number of nitrogens with zero attached hydrogens (tertiary/aromatic N) is 2. The van der Waals surface area contributed by atoms with Gasteiger partial charge in [0, 0.05) is 31.7 Å². The molecule has 0 bridgehead atoms. The van der Waals surface area contributed by atoms with Crippen LogP contribution in [-0.4, -0.2) is 49.7 Å². The number of amides is 1. The minimum absolute atomic E-state index is 0.00512. The van der Waals surface area contributed by atoms with Gasteiger partial charge in [0.25, 0.3) is 5.91 Å². The van der Waals surface area contributed by atoms with Crippen molar-refractivity contribution >= 4 is 27.5 Å². The molecule has 156 valence electrons. The number of carbonyl (C=O) groups excluding carboxylic acids is 1. The van der Waals surface area contributed by atoms with Crippen molar-refractivity contribution in [2.24, 2.45) is 0 Å². The number of rotatable bonds is 3. The molecule has 2 aromatic rings. The Kier molecular flexibility index (Phi) is 5.88. The van der Waals surface area contributed by atoms with E-state index >= 15 is 0 Å². The third-order valence-corrected chi connectivity index (χ3v) is 6.85. The van der Waals surface area contributed by atoms with Gasteiger partial charge < -0.3 is 4.90 Å². The first-order valence-electron chi connectivity index (χ1n) is 8.42. The van der Waals surface area contributed by atoms with E-state index in [0.29, 0.717) is 12.1 Å². The summed E-state index contributed by atoms with van der Waals surface area (Å²) in [6.45, 7) is -0.248. The first-order valence-corrected chi connectivity index (χ1v) is 10.2. The lowest BCUT2D eigenvalue weighted by atomic mass is 10.2. The molecule has 1 heterocycles. The Balaban J connectivity index is 1.77. The molecule has 0 unspecified atom stereocenters. The Morgan fingerprint density at radius 3 is 2.24 bits per heavy atom. The maximum absolute atomic E-state index is 13.3. The predicted octanol–water partition coefficient (Wildman–Crippen LogP) is 3.64. The van der Waals surface area contributed by atoms with Crippen LogP contribution in [-0.2, 0) is 16.2 Å². The highest BCUT2D eigenvalue weighted by Gasteiger charge is 2.36. The molecule has 1 aliphatic heterocycles. The highest BCUT2D eigenvalue weighted by Crippen LogP contribution is 2.34. The van der Waals surface area contributed by atoms with Crippen molar-refractivity contribution in [2.75, 3.05) is 26.2 Å². The van der Waals surface area contributed by atoms with E-state index in [1.807, 2.05) is 0 Å². The molecule has 1 aliphatic rings. The molecule has 2 aromatic carbocycles. The summed E-state index contributed by atoms with van der Waals surface area (Å²) < 4.78 is 78.7. The van der Waals surface area contributed by atoms with E-state index in [-0.39, 0.29) is 36.8 Å². The molecule has 0 aliphatic carbocycles. The van der Waals surface area contributed by atoms with Gasteiger partial charge in [-0.3, -0.25) is 4.79 Å². The van der Waals surface area contributed by atoms with Gasteiger partial charge in [-0.1, -0.05) is 17.7 Å². The lowest BCUT2D eigenvalue weighted by Gasteiger charge is -2.34. The third kappa shape index (κ3) is 4.54. The Morgan fingerprint density at radius 2 is 1.66 bits per heavy atom. The van der Waals surface area contributed by atoms with Crippen molar-refractivity contribution < 1.29 is 30.8 Å². The van der Waals surface area contributed by atoms with Gasteiger partial charge in [0.1, 0.15) is 10.7 Å². The zero-order chi connectivity index (χ0) is 21.4. The number of benzene rings is 2. The highest BCUT2D eigenvalue weighted by molar-refractivity contribution is 7.89. The number of halogens is 5. The fourth-order valence-electron chi connectivity index (χ4n) is 2.95. The fraction of sp³-hybridized carbons (Fsp3) is 0.278. The first-order chi connectivity index (χ1) is 13.5. The number of piperazine rings is 1. The topological polar surface area (TPSA) is 57.7 Å². The lowest BCUT2D eigenvalue weighted by Crippen LogP contribution is -2.50. The first kappa shape index (κ1) is 21.5. The van der Waals surface area contributed by atoms with Crippen LogP contribution in [0.5, 0.6) is 0 Å². The standard InChI is InChI=1S/C18H15ClF4N2O3S/c19-15-5-4-13(18(21,22)23)11-16(15)29(27,28)25-8-6-24(7-9-25)17(26)12-2-1-3-14(20)10-12/h1-5,10-11H,6-9H2. The summed E-state index contributed by atoms with van der Waals surface area (Å²) >= 11 is 5.85. The van der Waals surface area contributed by atoms with Crippen molar-refractivity contribution in [1.29, 1.82) is 0 Å². The monoisotopic (exact) mass is 450 g/mol. The summed E-state index contributed by atoms with van der Waals surface area (Å²) in [7, 11) is -4.29. The summed E-state index contributed by atoms with van der Waals surface area (Å²) in [5.74, 6) is -1.03. The molecule has 3 rings (SSSR count). The van der Waals surface area contributed by atoms with E-state index in [4.69, 9.17) is 11.6 Å². The van der Waals surface area contributed by atoms with E-state index < -0.39 is 38.4 Å². The van der Waals surface area contributed by atoms with Crippen LogP contribution in [0, 0.1) is 5.82 Å². The number of carbonyl (C=O) groups is 1. The van der Waals surface area contributed by atoms with E-state index in [1.54, 1.807) is 0 Å². The zero-order valence-electron chi connectivity index (χ0n) is 14.8. The SMILES string of the molecule is O=C(c1cccc(F)c1)N1CCN(S(=O)(=O)c2cc(C(F)(F)F)ccc2Cl)CC1. The molecule has 11 heteroatoms. The summed E-state index contributed by atoms with van der Waals surface area (Å²) in [4.78, 5) is 13.1. The smallest absolute Gasteiger partial charge is 0.336 e. The van der Waals surface area contributed by atoms with Crippen molar-refractivity contribution in [1.82, 2.24) is 9.21 Å². The molecule has 1 saturated heterocycles. The minimum atomic E-state index is -4.72. The van der Waals surface area contributed by atoms with Crippen molar-refractivity contribution in [2.45, 2.75) is 11.1 Å². The van der Waals surface area contributed by atoms with Crippen LogP contribution in [0.25, 0.3) is 0 Å². The fourth-order valence-corrected chi connectivity index (χ4v) is 4.87. The number of hydrogen-bond acceptors (Lipinski definition) is 3. The van der Waals surface area contributed by atoms with Crippen LogP contribution in [0.4, 0.5) is 17.6 Å². The second-order valence-corrected chi connectivity index (χ2v) is 8.66. The molecular weight excluding hydrogens is 436 g/mol. The van der Waals surface area contributed by atoms with Crippen LogP contribution in [0.1, 0.15) is 15.9 Å². The molecule has 1 fully saturated rings. The van der Waals surface area contributed by atoms with Gasteiger partial charge in [0.2, 0.25) is 10.0 Å². The number of hydrogen-bond donors (Lipinski definition) is 0. The molecular formula is C18H15ClF4N2O3S. The number of alkyl halides is 3. The molecule has 29 heavy (non-hydrogen) atoms. The van der Waals surface area contributed by atoms with E-state index in [0.717, 1.165) is 16.4 Å². The summed E-state index contributed by atoms with van der Waals surface area (Å²) in [6.07, 6.45) is -4.72. The molecule has 1 amide bonds. The van der Waals surface area contributed by atoms with Crippen LogP contribution in [0.2, 0.25) is 5.02 Å². The van der Waals surface area contributed by atoms with Gasteiger partial charge in [0.05, 0.1) is 10.6 Å². The maximum atomic E-state index is 13.3. The predicted molar refractivity (Wildman–Crippen MR) is 97.5 cm³/mol. The Bertz CT molecular complexity index is 1040. The van der Waals surface area contributed by atoms with Gasteiger partial charge in [-0.2, -0.15) is 17.5 Å². The van der Waals surface area contributed by atoms with E-state index in [9.17, 15) is 30.8 Å². The highest BCUT2D eigenvalue weighted by atomic mass is 35.5. The van der Waals surface area contributed by atoms with Crippen molar-refractivity contribution in [3.05, 3.63) is 64.4 Å². The van der Waals surface area contributed by atoms with Crippen molar-refractivity contribution in [3.63, 3.8) is 0 Å². The average Bonchev–Trinajstić information content (AvgIpc) is 2.67. The van der Waals surface area contributed by atoms with Gasteiger partial charge in [0.15, 0.2) is 0 Å². The largest absolute Gasteiger partial charge is 0.416 e. The molecule has 0 N–H and O–H groups in total. The molecule has 0 radical (unpaired) electrons. The van der Waals surface area contributed by atoms with Crippen LogP contribution >= 0.6 is 11.6 Å². The average molecular weight is 451 g/mol. The van der Waals surface area contributed by atoms with Crippen molar-refractivity contribution in [3.8, 4) is 0 Å². The molecule has 0 saturated carbocycles. The third-order valence-electron chi connectivity index (χ3n) is 4.47. The second kappa shape index (κ2) is 7.92. The minimum Gasteiger partial charge on any atom is -0.336 e. The Morgan fingerprint density at radius 1 is 1.00 bits per heavy atom. The van der Waals surface area contributed by atoms with Gasteiger partial charge in [-0.05, 0) is 36.4 Å². The molecule has 0 spiro atoms. The van der Waals surface area contributed by atoms with Crippen LogP contribution < -0.4 is 0 Å². The summed E-state index contributed by atoms with van der Waals surface area (Å²) in [6, 6.07) is 7.20. The van der Waals surface area contributed by atoms with E-state index in [1.165, 1.54) is 23.1 Å². The Labute approximate surface area is 169 Å². The normalized spacial score (nSPS) is 16.1. The van der Waals surface area contributed by atoms with Gasteiger partial charge in [-0.25, -0.2) is 12.8 Å². The molecule has 5 nitrogen and oxygen atoms in total. The maximum Gasteiger partial charge on any atom is 0.416 e. The molecule has 0 aromatic heterocycles. The number of sulfonamides is 1. The molecule has 0 atom stereocenters. The zero-order valence-corrected chi connectivity index (χ0v) is 16.4. The summed E-state index contributed by atoms with van der Waals surface area (Å²) in [5.41, 5.74) is -0.998. The van der Waals surface area contributed by atoms with Crippen LogP contribution in [0.15, 0.2) is 47.4 Å². The lowest BCUT2D eigenvalue weighted by molar-refractivity contribution is -0.137. The Hall–Kier alpha value is -2.17. The van der Waals surface area contributed by atoms with E-state index in [2.05, 4.69) is 0 Å².